The zero-order valence-electron chi connectivity index (χ0n) is 16.4. The molecule has 8 heteroatoms. The Labute approximate surface area is 168 Å². The number of carbonyl (C=O) groups excluding carboxylic acids is 1. The molecule has 2 N–H and O–H groups in total. The second-order valence-corrected chi connectivity index (χ2v) is 7.61. The molecule has 1 amide bonds. The third kappa shape index (κ3) is 3.35. The predicted molar refractivity (Wildman–Crippen MR) is 109 cm³/mol. The highest BCUT2D eigenvalue weighted by Gasteiger charge is 2.30. The largest absolute Gasteiger partial charge is 0.356 e. The van der Waals surface area contributed by atoms with E-state index in [0.717, 1.165) is 60.9 Å². The normalized spacial score (nSPS) is 17.1. The molecule has 5 rings (SSSR count). The van der Waals surface area contributed by atoms with Gasteiger partial charge < -0.3 is 10.2 Å². The molecule has 0 aliphatic carbocycles. The molecule has 0 atom stereocenters. The molecule has 29 heavy (non-hydrogen) atoms. The Bertz CT molecular complexity index is 1040. The molecule has 1 saturated heterocycles. The second kappa shape index (κ2) is 7.27. The Morgan fingerprint density at radius 2 is 1.86 bits per heavy atom. The molecule has 1 fully saturated rings. The number of carbonyl (C=O) groups is 1. The van der Waals surface area contributed by atoms with Gasteiger partial charge in [0.2, 0.25) is 0 Å². The molecular weight excluding hydrogens is 366 g/mol. The van der Waals surface area contributed by atoms with Gasteiger partial charge in [-0.25, -0.2) is 15.0 Å². The van der Waals surface area contributed by atoms with Crippen molar-refractivity contribution in [2.45, 2.75) is 32.1 Å². The van der Waals surface area contributed by atoms with E-state index in [-0.39, 0.29) is 5.91 Å². The lowest BCUT2D eigenvalue weighted by molar-refractivity contribution is 0.0940. The van der Waals surface area contributed by atoms with Crippen molar-refractivity contribution in [1.29, 1.82) is 0 Å². The van der Waals surface area contributed by atoms with Gasteiger partial charge in [0.1, 0.15) is 17.3 Å². The molecule has 0 unspecified atom stereocenters. The zero-order valence-corrected chi connectivity index (χ0v) is 16.4. The Morgan fingerprint density at radius 1 is 1.07 bits per heavy atom. The molecule has 3 aromatic rings. The minimum atomic E-state index is -0.113. The van der Waals surface area contributed by atoms with Gasteiger partial charge in [0.25, 0.3) is 5.91 Å². The predicted octanol–water partition coefficient (Wildman–Crippen LogP) is 2.24. The van der Waals surface area contributed by atoms with Crippen LogP contribution in [0.3, 0.4) is 0 Å². The average molecular weight is 389 g/mol. The number of aromatic nitrogens is 5. The number of amides is 1. The van der Waals surface area contributed by atoms with Crippen LogP contribution >= 0.6 is 0 Å². The summed E-state index contributed by atoms with van der Waals surface area (Å²) in [7, 11) is 0. The van der Waals surface area contributed by atoms with Crippen molar-refractivity contribution >= 4 is 11.7 Å². The Morgan fingerprint density at radius 3 is 2.59 bits per heavy atom. The first-order valence-corrected chi connectivity index (χ1v) is 10.1. The lowest BCUT2D eigenvalue weighted by atomic mass is 9.95. The van der Waals surface area contributed by atoms with E-state index in [4.69, 9.17) is 4.98 Å². The van der Waals surface area contributed by atoms with E-state index in [2.05, 4.69) is 30.4 Å². The van der Waals surface area contributed by atoms with E-state index in [0.29, 0.717) is 24.0 Å². The number of hydrogen-bond acceptors (Lipinski definition) is 6. The van der Waals surface area contributed by atoms with E-state index in [1.165, 1.54) is 0 Å². The van der Waals surface area contributed by atoms with Crippen LogP contribution in [0.5, 0.6) is 0 Å². The maximum atomic E-state index is 12.5. The first-order chi connectivity index (χ1) is 14.2. The summed E-state index contributed by atoms with van der Waals surface area (Å²) in [6.45, 7) is 4.27. The highest BCUT2D eigenvalue weighted by molar-refractivity contribution is 5.96. The number of nitrogens with one attached hydrogen (secondary N) is 2. The quantitative estimate of drug-likeness (QED) is 0.713. The fourth-order valence-electron chi connectivity index (χ4n) is 4.14. The van der Waals surface area contributed by atoms with Crippen molar-refractivity contribution in [3.63, 3.8) is 0 Å². The van der Waals surface area contributed by atoms with Crippen LogP contribution < -0.4 is 10.2 Å². The van der Waals surface area contributed by atoms with Gasteiger partial charge in [-0.3, -0.25) is 9.89 Å². The minimum Gasteiger partial charge on any atom is -0.356 e. The first kappa shape index (κ1) is 17.8. The Hall–Kier alpha value is -3.29. The monoisotopic (exact) mass is 389 g/mol. The van der Waals surface area contributed by atoms with Crippen molar-refractivity contribution in [2.75, 3.05) is 24.5 Å². The van der Waals surface area contributed by atoms with Gasteiger partial charge in [-0.15, -0.1) is 0 Å². The number of hydrogen-bond donors (Lipinski definition) is 2. The van der Waals surface area contributed by atoms with Crippen LogP contribution in [0.4, 0.5) is 5.82 Å². The van der Waals surface area contributed by atoms with Crippen LogP contribution in [0.1, 0.15) is 46.5 Å². The fraction of sp³-hybridized carbons (Fsp3) is 0.381. The summed E-state index contributed by atoms with van der Waals surface area (Å²) in [4.78, 5) is 28.8. The molecule has 0 radical (unpaired) electrons. The zero-order chi connectivity index (χ0) is 19.8. The molecule has 2 aliphatic rings. The number of benzene rings is 1. The van der Waals surface area contributed by atoms with E-state index in [9.17, 15) is 4.79 Å². The summed E-state index contributed by atoms with van der Waals surface area (Å²) in [5, 5.41) is 10.2. The minimum absolute atomic E-state index is 0.113. The molecule has 2 aliphatic heterocycles. The van der Waals surface area contributed by atoms with Crippen molar-refractivity contribution < 1.29 is 4.79 Å². The van der Waals surface area contributed by atoms with E-state index < -0.39 is 0 Å². The lowest BCUT2D eigenvalue weighted by Gasteiger charge is -2.34. The van der Waals surface area contributed by atoms with E-state index >= 15 is 0 Å². The standard InChI is InChI=1S/C21H23N7O/c1-13-23-19(27-26-13)15-8-11-28(12-9-15)20-16-7-10-22-21(29)17(16)24-18(25-20)14-5-3-2-4-6-14/h2-6,15H,7-12H2,1H3,(H,22,29)(H,23,26,27). The van der Waals surface area contributed by atoms with Crippen molar-refractivity contribution in [2.24, 2.45) is 0 Å². The Kier molecular flexibility index (Phi) is 4.46. The number of nitrogens with zero attached hydrogens (tertiary/aromatic N) is 5. The van der Waals surface area contributed by atoms with E-state index in [1.807, 2.05) is 37.3 Å². The molecular formula is C21H23N7O. The Balaban J connectivity index is 1.48. The summed E-state index contributed by atoms with van der Waals surface area (Å²) < 4.78 is 0. The van der Waals surface area contributed by atoms with Gasteiger partial charge in [0.15, 0.2) is 11.6 Å². The van der Waals surface area contributed by atoms with Gasteiger partial charge in [-0.2, -0.15) is 5.10 Å². The molecule has 0 bridgehead atoms. The average Bonchev–Trinajstić information content (AvgIpc) is 3.20. The van der Waals surface area contributed by atoms with Crippen LogP contribution in [0, 0.1) is 6.92 Å². The summed E-state index contributed by atoms with van der Waals surface area (Å²) in [6, 6.07) is 9.84. The van der Waals surface area contributed by atoms with E-state index in [1.54, 1.807) is 0 Å². The lowest BCUT2D eigenvalue weighted by Crippen LogP contribution is -2.38. The molecule has 1 aromatic carbocycles. The van der Waals surface area contributed by atoms with Crippen LogP contribution in [0.2, 0.25) is 0 Å². The summed E-state index contributed by atoms with van der Waals surface area (Å²) in [6.07, 6.45) is 2.68. The van der Waals surface area contributed by atoms with Crippen molar-refractivity contribution in [1.82, 2.24) is 30.5 Å². The van der Waals surface area contributed by atoms with Gasteiger partial charge in [0.05, 0.1) is 0 Å². The highest BCUT2D eigenvalue weighted by atomic mass is 16.1. The summed E-state index contributed by atoms with van der Waals surface area (Å²) in [5.41, 5.74) is 2.38. The molecule has 148 valence electrons. The van der Waals surface area contributed by atoms with Crippen LogP contribution in [-0.2, 0) is 6.42 Å². The van der Waals surface area contributed by atoms with Crippen LogP contribution in [0.25, 0.3) is 11.4 Å². The van der Waals surface area contributed by atoms with Gasteiger partial charge in [0, 0.05) is 36.7 Å². The third-order valence-corrected chi connectivity index (χ3v) is 5.67. The topological polar surface area (TPSA) is 99.7 Å². The maximum Gasteiger partial charge on any atom is 0.270 e. The summed E-state index contributed by atoms with van der Waals surface area (Å²) in [5.74, 6) is 3.49. The number of piperidine rings is 1. The smallest absolute Gasteiger partial charge is 0.270 e. The number of H-pyrrole nitrogens is 1. The van der Waals surface area contributed by atoms with Crippen LogP contribution in [0.15, 0.2) is 30.3 Å². The molecule has 0 spiro atoms. The number of fused-ring (bicyclic) bond motifs is 1. The number of anilines is 1. The van der Waals surface area contributed by atoms with Crippen molar-refractivity contribution in [3.8, 4) is 11.4 Å². The number of aryl methyl sites for hydroxylation is 1. The molecule has 2 aromatic heterocycles. The SMILES string of the molecule is Cc1nc(C2CCN(c3nc(-c4ccccc4)nc4c3CCNC4=O)CC2)n[nH]1. The summed E-state index contributed by atoms with van der Waals surface area (Å²) >= 11 is 0. The number of rotatable bonds is 3. The highest BCUT2D eigenvalue weighted by Crippen LogP contribution is 2.32. The van der Waals surface area contributed by atoms with Crippen LogP contribution in [-0.4, -0.2) is 50.7 Å². The molecule has 8 nitrogen and oxygen atoms in total. The van der Waals surface area contributed by atoms with Crippen molar-refractivity contribution in [3.05, 3.63) is 53.2 Å². The van der Waals surface area contributed by atoms with Gasteiger partial charge in [-0.1, -0.05) is 30.3 Å². The second-order valence-electron chi connectivity index (χ2n) is 7.61. The third-order valence-electron chi connectivity index (χ3n) is 5.67. The molecule has 0 saturated carbocycles. The van der Waals surface area contributed by atoms with Gasteiger partial charge in [-0.05, 0) is 26.2 Å². The number of aromatic amines is 1. The van der Waals surface area contributed by atoms with Gasteiger partial charge >= 0.3 is 0 Å². The molecule has 4 heterocycles. The maximum absolute atomic E-state index is 12.5. The fourth-order valence-corrected chi connectivity index (χ4v) is 4.14. The first-order valence-electron chi connectivity index (χ1n) is 10.1.